The van der Waals surface area contributed by atoms with Gasteiger partial charge in [-0.3, -0.25) is 0 Å². The fourth-order valence-corrected chi connectivity index (χ4v) is 9.74. The second-order valence-corrected chi connectivity index (χ2v) is 16.5. The van der Waals surface area contributed by atoms with Crippen LogP contribution in [0.5, 0.6) is 17.2 Å². The summed E-state index contributed by atoms with van der Waals surface area (Å²) in [6.45, 7) is 5.53. The summed E-state index contributed by atoms with van der Waals surface area (Å²) < 4.78 is 5.76. The van der Waals surface area contributed by atoms with Gasteiger partial charge in [-0.15, -0.1) is 0 Å². The summed E-state index contributed by atoms with van der Waals surface area (Å²) in [6, 6.07) is 17.4. The number of phenolic OH excluding ortho intramolecular Hbond substituents is 3. The van der Waals surface area contributed by atoms with Gasteiger partial charge in [-0.1, -0.05) is 0 Å². The number of hydrogen-bond acceptors (Lipinski definition) is 7. The third-order valence-corrected chi connectivity index (χ3v) is 11.4. The van der Waals surface area contributed by atoms with Crippen molar-refractivity contribution in [2.75, 3.05) is 0 Å². The molecule has 7 nitrogen and oxygen atoms in total. The van der Waals surface area contributed by atoms with Gasteiger partial charge in [0.2, 0.25) is 0 Å². The maximum Gasteiger partial charge on any atom is 0.155 e. The average molecular weight is 1260 g/mol. The lowest BCUT2D eigenvalue weighted by Gasteiger charge is -2.07. The van der Waals surface area contributed by atoms with Crippen molar-refractivity contribution in [2.45, 2.75) is 20.8 Å². The average Bonchev–Trinajstić information content (AvgIpc) is 2.98. The fraction of sp³-hybridized carbons (Fsp3) is 0.0968. The first-order chi connectivity index (χ1) is 20.7. The maximum absolute atomic E-state index is 9.95. The summed E-state index contributed by atoms with van der Waals surface area (Å²) in [6.07, 6.45) is 0. The van der Waals surface area contributed by atoms with Crippen molar-refractivity contribution in [3.8, 4) is 17.2 Å². The molecule has 0 fully saturated rings. The number of phenols is 3. The molecule has 0 atom stereocenters. The normalized spacial score (nSPS) is 10.8. The molecule has 0 amide bonds. The molecule has 3 aromatic heterocycles. The van der Waals surface area contributed by atoms with Gasteiger partial charge >= 0.3 is 0 Å². The van der Waals surface area contributed by atoms with E-state index in [1.807, 2.05) is 62.4 Å². The molecule has 0 aliphatic carbocycles. The molecule has 0 aliphatic heterocycles. The molecular weight excluding hydrogens is 1240 g/mol. The first kappa shape index (κ1) is 36.2. The predicted molar refractivity (Wildman–Crippen MR) is 229 cm³/mol. The number of halogens is 6. The van der Waals surface area contributed by atoms with Crippen molar-refractivity contribution in [2.24, 2.45) is 0 Å². The summed E-state index contributed by atoms with van der Waals surface area (Å²) in [4.78, 5) is 13.0. The summed E-state index contributed by atoms with van der Waals surface area (Å²) in [5.41, 5.74) is 4.80. The van der Waals surface area contributed by atoms with Gasteiger partial charge in [0.1, 0.15) is 16.6 Å². The zero-order valence-corrected chi connectivity index (χ0v) is 36.1. The highest BCUT2D eigenvalue weighted by molar-refractivity contribution is 14.1. The molecule has 0 spiro atoms. The van der Waals surface area contributed by atoms with Crippen LogP contribution in [0, 0.1) is 40.7 Å². The van der Waals surface area contributed by atoms with E-state index in [-0.39, 0.29) is 17.2 Å². The minimum absolute atomic E-state index is 0.194. The van der Waals surface area contributed by atoms with Crippen LogP contribution in [0.15, 0.2) is 54.6 Å². The lowest BCUT2D eigenvalue weighted by Crippen LogP contribution is -1.97. The van der Waals surface area contributed by atoms with Crippen molar-refractivity contribution in [3.63, 3.8) is 0 Å². The largest absolute Gasteiger partial charge is 0.505 e. The molecule has 0 aliphatic rings. The number of benzene rings is 3. The fourth-order valence-electron chi connectivity index (χ4n) is 4.01. The highest BCUT2D eigenvalue weighted by Gasteiger charge is 2.12. The zero-order valence-electron chi connectivity index (χ0n) is 23.1. The number of aromatic hydroxyl groups is 3. The SMILES string of the molecule is CC(=N)c1ccc2c(I)cc(I)c(O)c2n1.Cc1ccc2c(I)cc(I)c(O)c2n1.Cc1ccc2c(I)cc(I)c(O)c2n1. The molecule has 0 bridgehead atoms. The molecular formula is C31H22I6N4O3. The third kappa shape index (κ3) is 8.24. The predicted octanol–water partition coefficient (Wildman–Crippen LogP) is 10.5. The second-order valence-electron chi connectivity index (χ2n) is 9.48. The Morgan fingerprint density at radius 2 is 0.841 bits per heavy atom. The van der Waals surface area contributed by atoms with Crippen molar-refractivity contribution in [3.05, 3.63) is 93.1 Å². The number of nitrogens with zero attached hydrogens (tertiary/aromatic N) is 3. The second kappa shape index (κ2) is 15.5. The van der Waals surface area contributed by atoms with E-state index >= 15 is 0 Å². The number of aryl methyl sites for hydroxylation is 2. The van der Waals surface area contributed by atoms with E-state index in [2.05, 4.69) is 150 Å². The van der Waals surface area contributed by atoms with Gasteiger partial charge < -0.3 is 20.7 Å². The van der Waals surface area contributed by atoms with E-state index < -0.39 is 0 Å². The van der Waals surface area contributed by atoms with Gasteiger partial charge in [-0.05, 0) is 211 Å². The lowest BCUT2D eigenvalue weighted by atomic mass is 10.1. The van der Waals surface area contributed by atoms with E-state index in [4.69, 9.17) is 5.41 Å². The van der Waals surface area contributed by atoms with Crippen LogP contribution in [0.25, 0.3) is 32.7 Å². The summed E-state index contributed by atoms with van der Waals surface area (Å²) in [5, 5.41) is 40.1. The Bertz CT molecular complexity index is 1990. The molecule has 13 heteroatoms. The van der Waals surface area contributed by atoms with E-state index in [9.17, 15) is 15.3 Å². The van der Waals surface area contributed by atoms with Crippen molar-refractivity contribution < 1.29 is 15.3 Å². The Morgan fingerprint density at radius 1 is 0.523 bits per heavy atom. The topological polar surface area (TPSA) is 123 Å². The number of aromatic nitrogens is 3. The first-order valence-electron chi connectivity index (χ1n) is 12.6. The van der Waals surface area contributed by atoms with E-state index in [1.54, 1.807) is 13.0 Å². The van der Waals surface area contributed by atoms with Gasteiger partial charge in [-0.25, -0.2) is 15.0 Å². The number of hydrogen-bond donors (Lipinski definition) is 4. The summed E-state index contributed by atoms with van der Waals surface area (Å²) in [7, 11) is 0. The van der Waals surface area contributed by atoms with Crippen LogP contribution in [0.3, 0.4) is 0 Å². The van der Waals surface area contributed by atoms with Gasteiger partial charge in [0, 0.05) is 38.3 Å². The Balaban J connectivity index is 0.000000151. The Hall–Kier alpha value is -0.660. The number of rotatable bonds is 1. The maximum atomic E-state index is 9.95. The van der Waals surface area contributed by atoms with Crippen LogP contribution in [-0.4, -0.2) is 36.0 Å². The van der Waals surface area contributed by atoms with Crippen LogP contribution in [0.2, 0.25) is 0 Å². The van der Waals surface area contributed by atoms with E-state index in [0.29, 0.717) is 28.0 Å². The highest BCUT2D eigenvalue weighted by Crippen LogP contribution is 2.34. The molecule has 0 unspecified atom stereocenters. The smallest absolute Gasteiger partial charge is 0.155 e. The molecule has 3 aromatic carbocycles. The first-order valence-corrected chi connectivity index (χ1v) is 19.1. The lowest BCUT2D eigenvalue weighted by molar-refractivity contribution is 0.476. The zero-order chi connectivity index (χ0) is 32.5. The molecule has 6 aromatic rings. The summed E-state index contributed by atoms with van der Waals surface area (Å²) >= 11 is 13.0. The Labute approximate surface area is 335 Å². The van der Waals surface area contributed by atoms with Crippen molar-refractivity contribution in [1.82, 2.24) is 15.0 Å². The minimum atomic E-state index is 0.194. The molecule has 44 heavy (non-hydrogen) atoms. The minimum Gasteiger partial charge on any atom is -0.505 e. The van der Waals surface area contributed by atoms with Gasteiger partial charge in [0.15, 0.2) is 17.2 Å². The van der Waals surface area contributed by atoms with Crippen molar-refractivity contribution in [1.29, 1.82) is 5.41 Å². The van der Waals surface area contributed by atoms with Crippen LogP contribution >= 0.6 is 136 Å². The van der Waals surface area contributed by atoms with Crippen molar-refractivity contribution >= 4 is 174 Å². The molecule has 226 valence electrons. The highest BCUT2D eigenvalue weighted by atomic mass is 127. The molecule has 0 saturated carbocycles. The molecule has 4 N–H and O–H groups in total. The molecule has 6 rings (SSSR count). The standard InChI is InChI=1S/C11H8I2N2O.2C10H7I2NO/c1-5(14)9-3-2-6-7(12)4-8(13)11(16)10(6)15-9;2*1-5-2-3-6-7(11)4-8(12)10(14)9(6)13-5/h2-4,14,16H,1H3;2*2-4,14H,1H3. The number of pyridine rings is 3. The van der Waals surface area contributed by atoms with Gasteiger partial charge in [0.05, 0.1) is 22.1 Å². The Kier molecular flexibility index (Phi) is 12.7. The van der Waals surface area contributed by atoms with Crippen LogP contribution in [0.1, 0.15) is 24.0 Å². The number of nitrogens with one attached hydrogen (secondary N) is 1. The monoisotopic (exact) mass is 1260 g/mol. The molecule has 3 heterocycles. The number of fused-ring (bicyclic) bond motifs is 3. The third-order valence-electron chi connectivity index (χ3n) is 6.23. The van der Waals surface area contributed by atoms with Crippen LogP contribution in [0.4, 0.5) is 0 Å². The van der Waals surface area contributed by atoms with Gasteiger partial charge in [-0.2, -0.15) is 0 Å². The van der Waals surface area contributed by atoms with E-state index in [1.165, 1.54) is 0 Å². The molecule has 0 radical (unpaired) electrons. The summed E-state index contributed by atoms with van der Waals surface area (Å²) in [5.74, 6) is 0.758. The van der Waals surface area contributed by atoms with Crippen LogP contribution < -0.4 is 0 Å². The Morgan fingerprint density at radius 3 is 1.18 bits per heavy atom. The van der Waals surface area contributed by atoms with Gasteiger partial charge in [0.25, 0.3) is 0 Å². The quantitative estimate of drug-likeness (QED) is 0.0961. The molecule has 0 saturated heterocycles. The van der Waals surface area contributed by atoms with Crippen LogP contribution in [-0.2, 0) is 0 Å². The van der Waals surface area contributed by atoms with E-state index in [0.717, 1.165) is 49.0 Å².